The van der Waals surface area contributed by atoms with Gasteiger partial charge in [0.1, 0.15) is 5.60 Å². The van der Waals surface area contributed by atoms with Crippen LogP contribution < -0.4 is 34.7 Å². The second-order valence-corrected chi connectivity index (χ2v) is 4.18. The SMILES string of the molecule is O=C1CC(C(=O)[O-])C2(CCCCC2)O1.[Na+]. The number of carboxylic acids is 1. The van der Waals surface area contributed by atoms with Crippen LogP contribution >= 0.6 is 0 Å². The Balaban J connectivity index is 0.00000112. The number of esters is 1. The van der Waals surface area contributed by atoms with Gasteiger partial charge in [0.25, 0.3) is 0 Å². The number of carbonyl (C=O) groups is 2. The molecule has 0 radical (unpaired) electrons. The van der Waals surface area contributed by atoms with Crippen molar-refractivity contribution < 1.29 is 49.0 Å². The van der Waals surface area contributed by atoms with Crippen LogP contribution in [0.4, 0.5) is 0 Å². The Morgan fingerprint density at radius 1 is 1.33 bits per heavy atom. The van der Waals surface area contributed by atoms with Gasteiger partial charge in [-0.1, -0.05) is 6.42 Å². The Kier molecular flexibility index (Phi) is 4.20. The van der Waals surface area contributed by atoms with Crippen molar-refractivity contribution in [3.8, 4) is 0 Å². The molecule has 1 unspecified atom stereocenters. The zero-order valence-electron chi connectivity index (χ0n) is 8.95. The molecule has 0 amide bonds. The van der Waals surface area contributed by atoms with E-state index in [9.17, 15) is 14.7 Å². The molecule has 0 aromatic carbocycles. The molecule has 0 bridgehead atoms. The fourth-order valence-corrected chi connectivity index (χ4v) is 2.59. The molecule has 1 saturated carbocycles. The van der Waals surface area contributed by atoms with E-state index in [1.165, 1.54) is 0 Å². The van der Waals surface area contributed by atoms with Crippen LogP contribution in [0.3, 0.4) is 0 Å². The van der Waals surface area contributed by atoms with Crippen molar-refractivity contribution in [2.45, 2.75) is 44.1 Å². The molecule has 1 aliphatic heterocycles. The summed E-state index contributed by atoms with van der Waals surface area (Å²) in [6.45, 7) is 0. The molecule has 1 atom stereocenters. The van der Waals surface area contributed by atoms with E-state index in [-0.39, 0.29) is 41.9 Å². The van der Waals surface area contributed by atoms with Crippen LogP contribution in [0.1, 0.15) is 38.5 Å². The number of rotatable bonds is 1. The first-order chi connectivity index (χ1) is 6.64. The van der Waals surface area contributed by atoms with Gasteiger partial charge in [-0.25, -0.2) is 0 Å². The molecule has 2 rings (SSSR count). The van der Waals surface area contributed by atoms with Crippen molar-refractivity contribution in [3.63, 3.8) is 0 Å². The van der Waals surface area contributed by atoms with E-state index in [0.717, 1.165) is 19.3 Å². The number of ether oxygens (including phenoxy) is 1. The van der Waals surface area contributed by atoms with E-state index >= 15 is 0 Å². The van der Waals surface area contributed by atoms with Gasteiger partial charge in [0, 0.05) is 11.9 Å². The van der Waals surface area contributed by atoms with Crippen molar-refractivity contribution in [3.05, 3.63) is 0 Å². The number of carboxylic acid groups (broad SMARTS) is 1. The normalized spacial score (nSPS) is 28.3. The molecule has 2 aliphatic rings. The second-order valence-electron chi connectivity index (χ2n) is 4.18. The summed E-state index contributed by atoms with van der Waals surface area (Å²) in [5.41, 5.74) is -0.728. The Labute approximate surface area is 111 Å². The topological polar surface area (TPSA) is 66.4 Å². The van der Waals surface area contributed by atoms with Crippen LogP contribution in [0.15, 0.2) is 0 Å². The number of hydrogen-bond donors (Lipinski definition) is 0. The molecule has 5 heteroatoms. The quantitative estimate of drug-likeness (QED) is 0.349. The van der Waals surface area contributed by atoms with Gasteiger partial charge < -0.3 is 14.6 Å². The fourth-order valence-electron chi connectivity index (χ4n) is 2.59. The van der Waals surface area contributed by atoms with Gasteiger partial charge in [-0.15, -0.1) is 0 Å². The zero-order valence-corrected chi connectivity index (χ0v) is 11.0. The summed E-state index contributed by atoms with van der Waals surface area (Å²) < 4.78 is 5.20. The van der Waals surface area contributed by atoms with Crippen LogP contribution in [0.25, 0.3) is 0 Å². The van der Waals surface area contributed by atoms with E-state index in [2.05, 4.69) is 0 Å². The fraction of sp³-hybridized carbons (Fsp3) is 0.800. The summed E-state index contributed by atoms with van der Waals surface area (Å²) >= 11 is 0. The van der Waals surface area contributed by atoms with E-state index in [0.29, 0.717) is 12.8 Å². The van der Waals surface area contributed by atoms with Gasteiger partial charge in [0.2, 0.25) is 0 Å². The first-order valence-electron chi connectivity index (χ1n) is 5.07. The number of hydrogen-bond acceptors (Lipinski definition) is 4. The third-order valence-electron chi connectivity index (χ3n) is 3.31. The van der Waals surface area contributed by atoms with Crippen LogP contribution in [-0.2, 0) is 14.3 Å². The maximum atomic E-state index is 11.1. The number of aliphatic carboxylic acids is 1. The molecule has 1 heterocycles. The first-order valence-corrected chi connectivity index (χ1v) is 5.07. The van der Waals surface area contributed by atoms with Crippen LogP contribution in [0.5, 0.6) is 0 Å². The summed E-state index contributed by atoms with van der Waals surface area (Å²) in [6.07, 6.45) is 4.32. The molecule has 78 valence electrons. The second kappa shape index (κ2) is 4.85. The monoisotopic (exact) mass is 220 g/mol. The van der Waals surface area contributed by atoms with Gasteiger partial charge in [0.05, 0.1) is 6.42 Å². The third kappa shape index (κ3) is 2.37. The molecular formula is C10H13NaO4. The summed E-state index contributed by atoms with van der Waals surface area (Å²) in [4.78, 5) is 22.0. The molecule has 2 fully saturated rings. The Hall–Kier alpha value is -0.0600. The first kappa shape index (κ1) is 13.0. The molecular weight excluding hydrogens is 207 g/mol. The summed E-state index contributed by atoms with van der Waals surface area (Å²) in [6, 6.07) is 0. The molecule has 0 N–H and O–H groups in total. The minimum absolute atomic E-state index is 0. The standard InChI is InChI=1S/C10H14O4.Na/c11-8-6-7(9(12)13)10(14-8)4-2-1-3-5-10;/h7H,1-6H2,(H,12,13);/q;+1/p-1. The van der Waals surface area contributed by atoms with Gasteiger partial charge in [-0.2, -0.15) is 0 Å². The predicted octanol–water partition coefficient (Wildman–Crippen LogP) is -2.99. The van der Waals surface area contributed by atoms with Gasteiger partial charge in [0.15, 0.2) is 0 Å². The summed E-state index contributed by atoms with van der Waals surface area (Å²) in [5.74, 6) is -2.26. The molecule has 0 aromatic heterocycles. The molecule has 15 heavy (non-hydrogen) atoms. The molecule has 0 aromatic rings. The Morgan fingerprint density at radius 2 is 1.93 bits per heavy atom. The Bertz CT molecular complexity index is 271. The summed E-state index contributed by atoms with van der Waals surface area (Å²) in [5, 5.41) is 10.9. The maximum Gasteiger partial charge on any atom is 1.00 e. The van der Waals surface area contributed by atoms with Crippen molar-refractivity contribution >= 4 is 11.9 Å². The smallest absolute Gasteiger partial charge is 0.550 e. The van der Waals surface area contributed by atoms with Crippen LogP contribution in [0.2, 0.25) is 0 Å². The predicted molar refractivity (Wildman–Crippen MR) is 45.0 cm³/mol. The van der Waals surface area contributed by atoms with Crippen molar-refractivity contribution in [2.75, 3.05) is 0 Å². The average molecular weight is 220 g/mol. The van der Waals surface area contributed by atoms with E-state index in [1.807, 2.05) is 0 Å². The molecule has 1 aliphatic carbocycles. The van der Waals surface area contributed by atoms with Crippen LogP contribution in [-0.4, -0.2) is 17.5 Å². The van der Waals surface area contributed by atoms with E-state index in [4.69, 9.17) is 4.74 Å². The molecule has 1 saturated heterocycles. The Morgan fingerprint density at radius 3 is 2.47 bits per heavy atom. The van der Waals surface area contributed by atoms with Gasteiger partial charge in [-0.05, 0) is 25.7 Å². The number of carbonyl (C=O) groups excluding carboxylic acids is 2. The van der Waals surface area contributed by atoms with E-state index in [1.54, 1.807) is 0 Å². The average Bonchev–Trinajstić information content (AvgIpc) is 2.44. The minimum Gasteiger partial charge on any atom is -0.550 e. The third-order valence-corrected chi connectivity index (χ3v) is 3.31. The molecule has 4 nitrogen and oxygen atoms in total. The van der Waals surface area contributed by atoms with Crippen molar-refractivity contribution in [1.29, 1.82) is 0 Å². The van der Waals surface area contributed by atoms with Crippen molar-refractivity contribution in [1.82, 2.24) is 0 Å². The zero-order chi connectivity index (χ0) is 10.2. The largest absolute Gasteiger partial charge is 1.00 e. The van der Waals surface area contributed by atoms with E-state index < -0.39 is 17.5 Å². The van der Waals surface area contributed by atoms with Gasteiger partial charge in [-0.3, -0.25) is 4.79 Å². The maximum absolute atomic E-state index is 11.1. The van der Waals surface area contributed by atoms with Crippen LogP contribution in [0, 0.1) is 5.92 Å². The summed E-state index contributed by atoms with van der Waals surface area (Å²) in [7, 11) is 0. The van der Waals surface area contributed by atoms with Gasteiger partial charge >= 0.3 is 35.5 Å². The van der Waals surface area contributed by atoms with Crippen molar-refractivity contribution in [2.24, 2.45) is 5.92 Å². The molecule has 1 spiro atoms. The minimum atomic E-state index is -1.14.